The van der Waals surface area contributed by atoms with Crippen LogP contribution in [0, 0.1) is 0 Å². The zero-order valence-electron chi connectivity index (χ0n) is 8.30. The van der Waals surface area contributed by atoms with Crippen LogP contribution in [-0.2, 0) is 0 Å². The fraction of sp³-hybridized carbons (Fsp3) is 0.600. The summed E-state index contributed by atoms with van der Waals surface area (Å²) in [6.45, 7) is 4.45. The predicted octanol–water partition coefficient (Wildman–Crippen LogP) is 3.50. The molecule has 1 aromatic rings. The van der Waals surface area contributed by atoms with E-state index in [0.717, 1.165) is 10.8 Å². The molecule has 0 saturated carbocycles. The Morgan fingerprint density at radius 1 is 1.46 bits per heavy atom. The summed E-state index contributed by atoms with van der Waals surface area (Å²) in [5.41, 5.74) is 0. The fourth-order valence-electron chi connectivity index (χ4n) is 1.36. The third-order valence-corrected chi connectivity index (χ3v) is 3.74. The monoisotopic (exact) mass is 217 g/mol. The first-order valence-corrected chi connectivity index (χ1v) is 5.75. The van der Waals surface area contributed by atoms with Crippen molar-refractivity contribution in [1.29, 1.82) is 0 Å². The molecule has 2 unspecified atom stereocenters. The Balaban J connectivity index is 2.53. The molecule has 0 amide bonds. The smallest absolute Gasteiger partial charge is 0.0931 e. The van der Waals surface area contributed by atoms with Crippen LogP contribution in [0.2, 0.25) is 4.34 Å². The van der Waals surface area contributed by atoms with E-state index in [9.17, 15) is 0 Å². The SMILES string of the molecule is CNC(C)CC(C)c1ccc(Cl)s1. The lowest BCUT2D eigenvalue weighted by Crippen LogP contribution is -2.22. The summed E-state index contributed by atoms with van der Waals surface area (Å²) < 4.78 is 0.888. The van der Waals surface area contributed by atoms with Gasteiger partial charge in [-0.1, -0.05) is 18.5 Å². The molecule has 0 radical (unpaired) electrons. The highest BCUT2D eigenvalue weighted by Gasteiger charge is 2.11. The molecule has 0 aromatic carbocycles. The Morgan fingerprint density at radius 3 is 2.62 bits per heavy atom. The normalized spacial score (nSPS) is 15.7. The number of thiophene rings is 1. The maximum atomic E-state index is 5.88. The molecule has 1 aromatic heterocycles. The first kappa shape index (κ1) is 11.0. The average molecular weight is 218 g/mol. The highest BCUT2D eigenvalue weighted by molar-refractivity contribution is 7.16. The summed E-state index contributed by atoms with van der Waals surface area (Å²) in [7, 11) is 2.00. The van der Waals surface area contributed by atoms with Crippen LogP contribution in [0.25, 0.3) is 0 Å². The van der Waals surface area contributed by atoms with E-state index >= 15 is 0 Å². The van der Waals surface area contributed by atoms with Crippen molar-refractivity contribution in [2.24, 2.45) is 0 Å². The van der Waals surface area contributed by atoms with E-state index in [4.69, 9.17) is 11.6 Å². The molecular weight excluding hydrogens is 202 g/mol. The number of nitrogens with one attached hydrogen (secondary N) is 1. The van der Waals surface area contributed by atoms with E-state index in [1.807, 2.05) is 13.1 Å². The van der Waals surface area contributed by atoms with E-state index in [1.165, 1.54) is 4.88 Å². The van der Waals surface area contributed by atoms with Gasteiger partial charge in [-0.25, -0.2) is 0 Å². The van der Waals surface area contributed by atoms with Gasteiger partial charge in [0, 0.05) is 10.9 Å². The zero-order valence-corrected chi connectivity index (χ0v) is 9.88. The number of halogens is 1. The van der Waals surface area contributed by atoms with E-state index in [1.54, 1.807) is 11.3 Å². The third kappa shape index (κ3) is 3.29. The van der Waals surface area contributed by atoms with E-state index in [2.05, 4.69) is 25.2 Å². The fourth-order valence-corrected chi connectivity index (χ4v) is 2.48. The van der Waals surface area contributed by atoms with Gasteiger partial charge in [0.25, 0.3) is 0 Å². The van der Waals surface area contributed by atoms with Crippen LogP contribution in [0.3, 0.4) is 0 Å². The lowest BCUT2D eigenvalue weighted by atomic mass is 10.0. The molecule has 1 N–H and O–H groups in total. The van der Waals surface area contributed by atoms with Crippen LogP contribution >= 0.6 is 22.9 Å². The van der Waals surface area contributed by atoms with Crippen LogP contribution in [0.1, 0.15) is 31.1 Å². The highest BCUT2D eigenvalue weighted by atomic mass is 35.5. The molecular formula is C10H16ClNS. The second kappa shape index (κ2) is 4.99. The molecule has 1 rings (SSSR count). The summed E-state index contributed by atoms with van der Waals surface area (Å²) in [6, 6.07) is 4.66. The summed E-state index contributed by atoms with van der Waals surface area (Å²) in [6.07, 6.45) is 1.16. The second-order valence-electron chi connectivity index (χ2n) is 3.47. The average Bonchev–Trinajstić information content (AvgIpc) is 2.51. The lowest BCUT2D eigenvalue weighted by molar-refractivity contribution is 0.520. The van der Waals surface area contributed by atoms with Crippen molar-refractivity contribution >= 4 is 22.9 Å². The van der Waals surface area contributed by atoms with Crippen LogP contribution in [-0.4, -0.2) is 13.1 Å². The number of hydrogen-bond acceptors (Lipinski definition) is 2. The lowest BCUT2D eigenvalue weighted by Gasteiger charge is -2.14. The van der Waals surface area contributed by atoms with Crippen molar-refractivity contribution in [2.75, 3.05) is 7.05 Å². The van der Waals surface area contributed by atoms with Gasteiger partial charge in [-0.05, 0) is 38.4 Å². The van der Waals surface area contributed by atoms with E-state index in [-0.39, 0.29) is 0 Å². The van der Waals surface area contributed by atoms with Crippen LogP contribution in [0.15, 0.2) is 12.1 Å². The van der Waals surface area contributed by atoms with Gasteiger partial charge in [0.1, 0.15) is 0 Å². The standard InChI is InChI=1S/C10H16ClNS/c1-7(6-8(2)12-3)9-4-5-10(11)13-9/h4-5,7-8,12H,6H2,1-3H3. The minimum absolute atomic E-state index is 0.566. The summed E-state index contributed by atoms with van der Waals surface area (Å²) in [4.78, 5) is 1.38. The number of hydrogen-bond donors (Lipinski definition) is 1. The van der Waals surface area contributed by atoms with Crippen LogP contribution < -0.4 is 5.32 Å². The molecule has 13 heavy (non-hydrogen) atoms. The van der Waals surface area contributed by atoms with Gasteiger partial charge in [-0.3, -0.25) is 0 Å². The van der Waals surface area contributed by atoms with Crippen molar-refractivity contribution in [2.45, 2.75) is 32.2 Å². The van der Waals surface area contributed by atoms with Gasteiger partial charge in [0.15, 0.2) is 0 Å². The maximum Gasteiger partial charge on any atom is 0.0931 e. The summed E-state index contributed by atoms with van der Waals surface area (Å²) in [5, 5.41) is 3.24. The largest absolute Gasteiger partial charge is 0.317 e. The van der Waals surface area contributed by atoms with Gasteiger partial charge in [0.2, 0.25) is 0 Å². The molecule has 0 bridgehead atoms. The molecule has 2 atom stereocenters. The van der Waals surface area contributed by atoms with Crippen molar-refractivity contribution in [3.63, 3.8) is 0 Å². The van der Waals surface area contributed by atoms with Gasteiger partial charge in [0.05, 0.1) is 4.34 Å². The van der Waals surface area contributed by atoms with Crippen LogP contribution in [0.4, 0.5) is 0 Å². The first-order valence-electron chi connectivity index (χ1n) is 4.56. The van der Waals surface area contributed by atoms with Crippen LogP contribution in [0.5, 0.6) is 0 Å². The molecule has 0 fully saturated rings. The molecule has 0 aliphatic rings. The van der Waals surface area contributed by atoms with E-state index in [0.29, 0.717) is 12.0 Å². The van der Waals surface area contributed by atoms with Gasteiger partial charge < -0.3 is 5.32 Å². The quantitative estimate of drug-likeness (QED) is 0.814. The Labute approximate surface area is 89.1 Å². The third-order valence-electron chi connectivity index (χ3n) is 2.28. The first-order chi connectivity index (χ1) is 6.13. The number of rotatable bonds is 4. The predicted molar refractivity (Wildman–Crippen MR) is 60.9 cm³/mol. The van der Waals surface area contributed by atoms with Crippen molar-refractivity contribution < 1.29 is 0 Å². The Morgan fingerprint density at radius 2 is 2.15 bits per heavy atom. The topological polar surface area (TPSA) is 12.0 Å². The molecule has 0 aliphatic carbocycles. The summed E-state index contributed by atoms with van der Waals surface area (Å²) in [5.74, 6) is 0.597. The molecule has 0 aliphatic heterocycles. The second-order valence-corrected chi connectivity index (χ2v) is 5.22. The Hall–Kier alpha value is -0.0500. The zero-order chi connectivity index (χ0) is 9.84. The molecule has 1 nitrogen and oxygen atoms in total. The van der Waals surface area contributed by atoms with E-state index < -0.39 is 0 Å². The van der Waals surface area contributed by atoms with Gasteiger partial charge in [-0.2, -0.15) is 0 Å². The van der Waals surface area contributed by atoms with Crippen molar-refractivity contribution in [3.8, 4) is 0 Å². The maximum absolute atomic E-state index is 5.88. The molecule has 74 valence electrons. The molecule has 3 heteroatoms. The molecule has 0 spiro atoms. The molecule has 0 saturated heterocycles. The highest BCUT2D eigenvalue weighted by Crippen LogP contribution is 2.30. The Bertz CT molecular complexity index is 259. The van der Waals surface area contributed by atoms with Crippen molar-refractivity contribution in [3.05, 3.63) is 21.3 Å². The summed E-state index contributed by atoms with van der Waals surface area (Å²) >= 11 is 7.56. The van der Waals surface area contributed by atoms with Gasteiger partial charge in [-0.15, -0.1) is 11.3 Å². The van der Waals surface area contributed by atoms with Crippen molar-refractivity contribution in [1.82, 2.24) is 5.32 Å². The Kier molecular flexibility index (Phi) is 4.23. The molecule has 1 heterocycles. The van der Waals surface area contributed by atoms with Gasteiger partial charge >= 0.3 is 0 Å². The minimum atomic E-state index is 0.566. The minimum Gasteiger partial charge on any atom is -0.317 e.